The molecule has 0 radical (unpaired) electrons. The molecule has 0 aliphatic carbocycles. The number of nitrogens with one attached hydrogen (secondary N) is 1. The molecule has 0 spiro atoms. The van der Waals surface area contributed by atoms with Gasteiger partial charge in [-0.2, -0.15) is 0 Å². The summed E-state index contributed by atoms with van der Waals surface area (Å²) in [5.74, 6) is 0.630. The Hall–Kier alpha value is -1.75. The van der Waals surface area contributed by atoms with Gasteiger partial charge < -0.3 is 10.7 Å². The minimum absolute atomic E-state index is 0.0539. The van der Waals surface area contributed by atoms with Gasteiger partial charge in [0.05, 0.1) is 10.6 Å². The highest BCUT2D eigenvalue weighted by Crippen LogP contribution is 2.37. The van der Waals surface area contributed by atoms with Gasteiger partial charge in [-0.15, -0.1) is 32.9 Å². The van der Waals surface area contributed by atoms with Gasteiger partial charge in [-0.3, -0.25) is 4.79 Å². The summed E-state index contributed by atoms with van der Waals surface area (Å²) in [5, 5.41) is 12.8. The van der Waals surface area contributed by atoms with Crippen LogP contribution in [-0.2, 0) is 0 Å². The minimum Gasteiger partial charge on any atom is -0.374 e. The Morgan fingerprint density at radius 3 is 2.92 bits per heavy atom. The van der Waals surface area contributed by atoms with Crippen molar-refractivity contribution >= 4 is 61.1 Å². The Balaban J connectivity index is 1.72. The van der Waals surface area contributed by atoms with Gasteiger partial charge in [0.1, 0.15) is 10.7 Å². The third-order valence-corrected chi connectivity index (χ3v) is 7.05. The van der Waals surface area contributed by atoms with E-state index in [2.05, 4.69) is 20.2 Å². The lowest BCUT2D eigenvalue weighted by Gasteiger charge is -2.08. The van der Waals surface area contributed by atoms with Crippen molar-refractivity contribution in [1.82, 2.24) is 20.2 Å². The maximum Gasteiger partial charge on any atom is 0.260 e. The summed E-state index contributed by atoms with van der Waals surface area (Å²) >= 11 is 5.91. The second-order valence-electron chi connectivity index (χ2n) is 4.92. The van der Waals surface area contributed by atoms with Crippen molar-refractivity contribution in [3.63, 3.8) is 0 Å². The summed E-state index contributed by atoms with van der Waals surface area (Å²) in [6, 6.07) is 3.99. The molecule has 0 unspecified atom stereocenters. The maximum absolute atomic E-state index is 12.6. The second kappa shape index (κ2) is 6.28. The predicted molar refractivity (Wildman–Crippen MR) is 102 cm³/mol. The van der Waals surface area contributed by atoms with Crippen molar-refractivity contribution in [2.45, 2.75) is 16.5 Å². The Morgan fingerprint density at radius 2 is 2.21 bits per heavy atom. The van der Waals surface area contributed by atoms with Crippen LogP contribution in [0.15, 0.2) is 32.0 Å². The lowest BCUT2D eigenvalue weighted by molar-refractivity contribution is 0.919. The fourth-order valence-electron chi connectivity index (χ4n) is 2.25. The van der Waals surface area contributed by atoms with Gasteiger partial charge in [0, 0.05) is 15.8 Å². The van der Waals surface area contributed by atoms with Crippen molar-refractivity contribution < 1.29 is 0 Å². The molecule has 4 aromatic rings. The van der Waals surface area contributed by atoms with Crippen molar-refractivity contribution in [3.8, 4) is 10.4 Å². The zero-order chi connectivity index (χ0) is 16.7. The van der Waals surface area contributed by atoms with Gasteiger partial charge in [-0.05, 0) is 18.4 Å². The van der Waals surface area contributed by atoms with Crippen LogP contribution in [0.3, 0.4) is 0 Å². The highest BCUT2D eigenvalue weighted by atomic mass is 32.2. The Labute approximate surface area is 152 Å². The summed E-state index contributed by atoms with van der Waals surface area (Å²) < 4.78 is 0.758. The Morgan fingerprint density at radius 1 is 1.33 bits per heavy atom. The summed E-state index contributed by atoms with van der Waals surface area (Å²) in [6.45, 7) is 1.97. The van der Waals surface area contributed by atoms with E-state index in [0.29, 0.717) is 16.3 Å². The van der Waals surface area contributed by atoms with E-state index in [1.54, 1.807) is 11.3 Å². The number of aromatic amines is 1. The molecule has 0 fully saturated rings. The van der Waals surface area contributed by atoms with E-state index >= 15 is 0 Å². The largest absolute Gasteiger partial charge is 0.374 e. The number of fused-ring (bicyclic) bond motifs is 1. The van der Waals surface area contributed by atoms with E-state index < -0.39 is 0 Å². The Kier molecular flexibility index (Phi) is 4.12. The van der Waals surface area contributed by atoms with Gasteiger partial charge in [-0.1, -0.05) is 29.2 Å². The van der Waals surface area contributed by atoms with Crippen LogP contribution in [0.25, 0.3) is 20.7 Å². The zero-order valence-corrected chi connectivity index (χ0v) is 15.6. The SMILES string of the molecule is C[C@H](Sc1nnc(N)s1)c1nc2scc(-c3cccs3)c2c(=O)[nH]1. The highest BCUT2D eigenvalue weighted by Gasteiger charge is 2.18. The summed E-state index contributed by atoms with van der Waals surface area (Å²) in [7, 11) is 0. The molecule has 122 valence electrons. The molecule has 10 heteroatoms. The molecule has 24 heavy (non-hydrogen) atoms. The number of hydrogen-bond donors (Lipinski definition) is 2. The normalized spacial score (nSPS) is 12.7. The third kappa shape index (κ3) is 2.86. The molecule has 0 aliphatic heterocycles. The summed E-state index contributed by atoms with van der Waals surface area (Å²) in [6.07, 6.45) is 0. The number of anilines is 1. The minimum atomic E-state index is -0.108. The standard InChI is InChI=1S/C14H11N5OS4/c1-6(23-14-19-18-13(15)24-14)10-16-11(20)9-7(5-22-12(9)17-10)8-3-2-4-21-8/h2-6H,1H3,(H2,15,18)(H,16,17,20)/t6-/m0/s1. The van der Waals surface area contributed by atoms with Crippen LogP contribution in [0.4, 0.5) is 5.13 Å². The van der Waals surface area contributed by atoms with Crippen LogP contribution in [-0.4, -0.2) is 20.2 Å². The van der Waals surface area contributed by atoms with Crippen LogP contribution in [0, 0.1) is 0 Å². The first-order valence-electron chi connectivity index (χ1n) is 6.92. The number of H-pyrrole nitrogens is 1. The van der Waals surface area contributed by atoms with Crippen molar-refractivity contribution in [2.24, 2.45) is 0 Å². The average molecular weight is 394 g/mol. The topological polar surface area (TPSA) is 97.5 Å². The molecule has 4 rings (SSSR count). The van der Waals surface area contributed by atoms with E-state index in [1.165, 1.54) is 34.4 Å². The smallest absolute Gasteiger partial charge is 0.260 e. The van der Waals surface area contributed by atoms with E-state index in [4.69, 9.17) is 5.73 Å². The van der Waals surface area contributed by atoms with Crippen LogP contribution in [0.1, 0.15) is 18.0 Å². The van der Waals surface area contributed by atoms with Gasteiger partial charge >= 0.3 is 0 Å². The second-order valence-corrected chi connectivity index (χ2v) is 9.33. The predicted octanol–water partition coefficient (Wildman–Crippen LogP) is 4.00. The molecule has 0 aliphatic rings. The molecular weight excluding hydrogens is 382 g/mol. The number of nitrogen functional groups attached to an aromatic ring is 1. The van der Waals surface area contributed by atoms with E-state index in [0.717, 1.165) is 19.6 Å². The number of nitrogens with two attached hydrogens (primary N) is 1. The summed E-state index contributed by atoms with van der Waals surface area (Å²) in [5.41, 5.74) is 6.44. The van der Waals surface area contributed by atoms with Crippen LogP contribution < -0.4 is 11.3 Å². The number of hydrogen-bond acceptors (Lipinski definition) is 9. The number of thiophene rings is 2. The molecule has 0 bridgehead atoms. The van der Waals surface area contributed by atoms with Crippen LogP contribution in [0.5, 0.6) is 0 Å². The number of nitrogens with zero attached hydrogens (tertiary/aromatic N) is 3. The van der Waals surface area contributed by atoms with Crippen molar-refractivity contribution in [1.29, 1.82) is 0 Å². The van der Waals surface area contributed by atoms with E-state index in [1.807, 2.05) is 29.8 Å². The molecule has 4 aromatic heterocycles. The van der Waals surface area contributed by atoms with Gasteiger partial charge in [0.15, 0.2) is 4.34 Å². The first kappa shape index (κ1) is 15.8. The Bertz CT molecular complexity index is 1050. The number of aromatic nitrogens is 4. The molecule has 0 amide bonds. The van der Waals surface area contributed by atoms with Crippen LogP contribution in [0.2, 0.25) is 0 Å². The number of thioether (sulfide) groups is 1. The zero-order valence-electron chi connectivity index (χ0n) is 12.3. The van der Waals surface area contributed by atoms with Crippen molar-refractivity contribution in [3.05, 3.63) is 39.1 Å². The molecule has 0 aromatic carbocycles. The molecule has 0 saturated heterocycles. The lowest BCUT2D eigenvalue weighted by Crippen LogP contribution is -2.12. The monoisotopic (exact) mass is 393 g/mol. The third-order valence-electron chi connectivity index (χ3n) is 3.33. The highest BCUT2D eigenvalue weighted by molar-refractivity contribution is 8.01. The molecule has 0 saturated carbocycles. The molecule has 3 N–H and O–H groups in total. The van der Waals surface area contributed by atoms with E-state index in [-0.39, 0.29) is 10.8 Å². The van der Waals surface area contributed by atoms with Gasteiger partial charge in [0.25, 0.3) is 5.56 Å². The fraction of sp³-hybridized carbons (Fsp3) is 0.143. The average Bonchev–Trinajstić information content (AvgIpc) is 3.27. The van der Waals surface area contributed by atoms with Gasteiger partial charge in [-0.25, -0.2) is 4.98 Å². The quantitative estimate of drug-likeness (QED) is 0.509. The van der Waals surface area contributed by atoms with Crippen LogP contribution >= 0.6 is 45.8 Å². The fourth-order valence-corrected chi connectivity index (χ4v) is 5.85. The molecule has 4 heterocycles. The first-order chi connectivity index (χ1) is 11.6. The molecule has 1 atom stereocenters. The van der Waals surface area contributed by atoms with Crippen molar-refractivity contribution in [2.75, 3.05) is 5.73 Å². The van der Waals surface area contributed by atoms with Gasteiger partial charge in [0.2, 0.25) is 5.13 Å². The molecular formula is C14H11N5OS4. The first-order valence-corrected chi connectivity index (χ1v) is 10.4. The number of rotatable bonds is 4. The summed E-state index contributed by atoms with van der Waals surface area (Å²) in [4.78, 5) is 22.0. The lowest BCUT2D eigenvalue weighted by atomic mass is 10.2. The van der Waals surface area contributed by atoms with E-state index in [9.17, 15) is 4.79 Å². The molecule has 6 nitrogen and oxygen atoms in total. The maximum atomic E-state index is 12.6.